The molecule has 21 heavy (non-hydrogen) atoms. The number of halogens is 1. The normalized spacial score (nSPS) is 15.6. The Morgan fingerprint density at radius 1 is 1.38 bits per heavy atom. The molecule has 0 unspecified atom stereocenters. The molecule has 0 aromatic heterocycles. The van der Waals surface area contributed by atoms with Gasteiger partial charge < -0.3 is 10.6 Å². The van der Waals surface area contributed by atoms with Crippen LogP contribution in [0.1, 0.15) is 51.5 Å². The monoisotopic (exact) mass is 351 g/mol. The zero-order valence-corrected chi connectivity index (χ0v) is 14.6. The van der Waals surface area contributed by atoms with Gasteiger partial charge in [0.15, 0.2) is 0 Å². The van der Waals surface area contributed by atoms with Crippen LogP contribution in [0, 0.1) is 11.3 Å². The number of amidine groups is 1. The number of nitrogens with two attached hydrogens (primary N) is 1. The van der Waals surface area contributed by atoms with Crippen LogP contribution in [0.15, 0.2) is 22.7 Å². The van der Waals surface area contributed by atoms with Crippen LogP contribution in [-0.2, 0) is 0 Å². The number of rotatable bonds is 6. The summed E-state index contributed by atoms with van der Waals surface area (Å²) in [6.45, 7) is 5.66. The minimum atomic E-state index is 0.114. The number of nitrogens with zero attached hydrogens (tertiary/aromatic N) is 1. The number of benzene rings is 1. The minimum Gasteiger partial charge on any atom is -0.384 e. The van der Waals surface area contributed by atoms with E-state index in [1.807, 2.05) is 6.07 Å². The van der Waals surface area contributed by atoms with Gasteiger partial charge in [-0.3, -0.25) is 5.41 Å². The lowest BCUT2D eigenvalue weighted by Gasteiger charge is -2.32. The third-order valence-corrected chi connectivity index (χ3v) is 4.94. The molecule has 1 aromatic rings. The Hall–Kier alpha value is -1.03. The summed E-state index contributed by atoms with van der Waals surface area (Å²) in [6, 6.07) is 6.85. The first-order valence-electron chi connectivity index (χ1n) is 7.89. The summed E-state index contributed by atoms with van der Waals surface area (Å²) in [5.74, 6) is 0.830. The first-order chi connectivity index (χ1) is 9.99. The van der Waals surface area contributed by atoms with Gasteiger partial charge in [-0.25, -0.2) is 0 Å². The highest BCUT2D eigenvalue weighted by Crippen LogP contribution is 2.31. The number of nitrogen functional groups attached to an aromatic ring is 1. The van der Waals surface area contributed by atoms with Gasteiger partial charge >= 0.3 is 0 Å². The second-order valence-electron chi connectivity index (χ2n) is 6.39. The van der Waals surface area contributed by atoms with E-state index in [4.69, 9.17) is 11.1 Å². The standard InChI is InChI=1S/C17H26BrN3/c1-12(2)9-10-21(13-5-3-4-6-13)14-7-8-15(17(19)20)16(18)11-14/h7-8,11-13H,3-6,9-10H2,1-2H3,(H3,19,20). The quantitative estimate of drug-likeness (QED) is 0.584. The molecule has 1 aliphatic carbocycles. The van der Waals surface area contributed by atoms with Crippen molar-refractivity contribution in [3.8, 4) is 0 Å². The summed E-state index contributed by atoms with van der Waals surface area (Å²) in [4.78, 5) is 2.56. The van der Waals surface area contributed by atoms with Crippen molar-refractivity contribution in [2.24, 2.45) is 11.7 Å². The van der Waals surface area contributed by atoms with Crippen molar-refractivity contribution < 1.29 is 0 Å². The Labute approximate surface area is 136 Å². The van der Waals surface area contributed by atoms with Gasteiger partial charge in [-0.05, 0) is 59.3 Å². The molecule has 3 nitrogen and oxygen atoms in total. The van der Waals surface area contributed by atoms with Crippen molar-refractivity contribution in [1.82, 2.24) is 0 Å². The van der Waals surface area contributed by atoms with Gasteiger partial charge in [0, 0.05) is 28.3 Å². The number of hydrogen-bond acceptors (Lipinski definition) is 2. The molecule has 1 fully saturated rings. The van der Waals surface area contributed by atoms with E-state index in [1.165, 1.54) is 37.8 Å². The molecule has 0 saturated heterocycles. The molecule has 0 amide bonds. The van der Waals surface area contributed by atoms with Crippen molar-refractivity contribution in [3.63, 3.8) is 0 Å². The molecule has 1 aliphatic rings. The number of nitrogens with one attached hydrogen (secondary N) is 1. The van der Waals surface area contributed by atoms with E-state index < -0.39 is 0 Å². The van der Waals surface area contributed by atoms with Gasteiger partial charge in [-0.1, -0.05) is 26.7 Å². The van der Waals surface area contributed by atoms with E-state index in [1.54, 1.807) is 0 Å². The number of anilines is 1. The molecule has 0 heterocycles. The smallest absolute Gasteiger partial charge is 0.123 e. The summed E-state index contributed by atoms with van der Waals surface area (Å²) in [5.41, 5.74) is 7.62. The average molecular weight is 352 g/mol. The average Bonchev–Trinajstić information content (AvgIpc) is 2.92. The first-order valence-corrected chi connectivity index (χ1v) is 8.69. The third kappa shape index (κ3) is 4.22. The lowest BCUT2D eigenvalue weighted by atomic mass is 10.1. The van der Waals surface area contributed by atoms with Crippen LogP contribution in [0.3, 0.4) is 0 Å². The fourth-order valence-corrected chi connectivity index (χ4v) is 3.62. The summed E-state index contributed by atoms with van der Waals surface area (Å²) in [5, 5.41) is 7.59. The molecule has 0 bridgehead atoms. The highest BCUT2D eigenvalue weighted by Gasteiger charge is 2.23. The van der Waals surface area contributed by atoms with E-state index >= 15 is 0 Å². The van der Waals surface area contributed by atoms with Crippen LogP contribution in [-0.4, -0.2) is 18.4 Å². The largest absolute Gasteiger partial charge is 0.384 e. The van der Waals surface area contributed by atoms with E-state index in [9.17, 15) is 0 Å². The van der Waals surface area contributed by atoms with Crippen LogP contribution in [0.5, 0.6) is 0 Å². The predicted molar refractivity (Wildman–Crippen MR) is 94.2 cm³/mol. The Kier molecular flexibility index (Phi) is 5.68. The SMILES string of the molecule is CC(C)CCN(c1ccc(C(=N)N)c(Br)c1)C1CCCC1. The van der Waals surface area contributed by atoms with Crippen molar-refractivity contribution in [2.45, 2.75) is 52.0 Å². The molecule has 0 aliphatic heterocycles. The molecule has 2 rings (SSSR count). The van der Waals surface area contributed by atoms with E-state index in [0.717, 1.165) is 16.6 Å². The van der Waals surface area contributed by atoms with Gasteiger partial charge in [0.05, 0.1) is 0 Å². The molecule has 3 N–H and O–H groups in total. The van der Waals surface area contributed by atoms with Crippen molar-refractivity contribution in [3.05, 3.63) is 28.2 Å². The fourth-order valence-electron chi connectivity index (χ4n) is 3.04. The predicted octanol–water partition coefficient (Wildman–Crippen LogP) is 4.53. The Morgan fingerprint density at radius 2 is 2.05 bits per heavy atom. The highest BCUT2D eigenvalue weighted by molar-refractivity contribution is 9.10. The lowest BCUT2D eigenvalue weighted by Crippen LogP contribution is -2.34. The van der Waals surface area contributed by atoms with Gasteiger partial charge in [-0.2, -0.15) is 0 Å². The van der Waals surface area contributed by atoms with Gasteiger partial charge in [0.25, 0.3) is 0 Å². The van der Waals surface area contributed by atoms with Crippen LogP contribution < -0.4 is 10.6 Å². The van der Waals surface area contributed by atoms with E-state index in [2.05, 4.69) is 46.8 Å². The maximum atomic E-state index is 7.59. The van der Waals surface area contributed by atoms with E-state index in [0.29, 0.717) is 12.0 Å². The first kappa shape index (κ1) is 16.3. The van der Waals surface area contributed by atoms with E-state index in [-0.39, 0.29) is 5.84 Å². The maximum Gasteiger partial charge on any atom is 0.123 e. The third-order valence-electron chi connectivity index (χ3n) is 4.29. The molecule has 0 atom stereocenters. The molecule has 0 spiro atoms. The van der Waals surface area contributed by atoms with Crippen molar-refractivity contribution in [1.29, 1.82) is 5.41 Å². The number of hydrogen-bond donors (Lipinski definition) is 2. The van der Waals surface area contributed by atoms with Crippen LogP contribution in [0.2, 0.25) is 0 Å². The Bertz CT molecular complexity index is 493. The minimum absolute atomic E-state index is 0.114. The van der Waals surface area contributed by atoms with Gasteiger partial charge in [0.2, 0.25) is 0 Å². The lowest BCUT2D eigenvalue weighted by molar-refractivity contribution is 0.528. The molecule has 1 saturated carbocycles. The zero-order valence-electron chi connectivity index (χ0n) is 13.0. The summed E-state index contributed by atoms with van der Waals surface area (Å²) in [6.07, 6.45) is 6.49. The van der Waals surface area contributed by atoms with Crippen molar-refractivity contribution in [2.75, 3.05) is 11.4 Å². The van der Waals surface area contributed by atoms with Gasteiger partial charge in [-0.15, -0.1) is 0 Å². The molecule has 0 radical (unpaired) electrons. The molecule has 116 valence electrons. The highest BCUT2D eigenvalue weighted by atomic mass is 79.9. The molecule has 1 aromatic carbocycles. The summed E-state index contributed by atoms with van der Waals surface area (Å²) < 4.78 is 0.917. The zero-order chi connectivity index (χ0) is 15.4. The topological polar surface area (TPSA) is 53.1 Å². The maximum absolute atomic E-state index is 7.59. The molecular formula is C17H26BrN3. The fraction of sp³-hybridized carbons (Fsp3) is 0.588. The Balaban J connectivity index is 2.22. The van der Waals surface area contributed by atoms with Crippen LogP contribution in [0.25, 0.3) is 0 Å². The van der Waals surface area contributed by atoms with Gasteiger partial charge in [0.1, 0.15) is 5.84 Å². The van der Waals surface area contributed by atoms with Crippen LogP contribution in [0.4, 0.5) is 5.69 Å². The van der Waals surface area contributed by atoms with Crippen LogP contribution >= 0.6 is 15.9 Å². The summed E-state index contributed by atoms with van der Waals surface area (Å²) >= 11 is 3.56. The Morgan fingerprint density at radius 3 is 2.57 bits per heavy atom. The second-order valence-corrected chi connectivity index (χ2v) is 7.25. The van der Waals surface area contributed by atoms with Crippen molar-refractivity contribution >= 4 is 27.5 Å². The molecular weight excluding hydrogens is 326 g/mol. The summed E-state index contributed by atoms with van der Waals surface area (Å²) in [7, 11) is 0. The second kappa shape index (κ2) is 7.30. The molecule has 4 heteroatoms.